The van der Waals surface area contributed by atoms with E-state index in [1.807, 2.05) is 0 Å². The summed E-state index contributed by atoms with van der Waals surface area (Å²) in [7, 11) is 0. The predicted molar refractivity (Wildman–Crippen MR) is 73.6 cm³/mol. The van der Waals surface area contributed by atoms with Gasteiger partial charge in [-0.1, -0.05) is 27.7 Å². The molecule has 0 radical (unpaired) electrons. The SMILES string of the molecule is CC(C)NCc1coc(N2CCC(C(C)C)C2)n1. The van der Waals surface area contributed by atoms with Gasteiger partial charge in [0.15, 0.2) is 0 Å². The van der Waals surface area contributed by atoms with Gasteiger partial charge in [-0.3, -0.25) is 0 Å². The van der Waals surface area contributed by atoms with Crippen LogP contribution in [0.1, 0.15) is 39.8 Å². The van der Waals surface area contributed by atoms with Crippen LogP contribution in [0.5, 0.6) is 0 Å². The van der Waals surface area contributed by atoms with Crippen molar-refractivity contribution < 1.29 is 4.42 Å². The van der Waals surface area contributed by atoms with Crippen molar-refractivity contribution in [1.29, 1.82) is 0 Å². The Morgan fingerprint density at radius 1 is 1.44 bits per heavy atom. The zero-order valence-electron chi connectivity index (χ0n) is 11.9. The lowest BCUT2D eigenvalue weighted by atomic mass is 9.95. The molecule has 1 aliphatic rings. The maximum atomic E-state index is 5.58. The third-order valence-corrected chi connectivity index (χ3v) is 3.67. The molecule has 1 aromatic rings. The van der Waals surface area contributed by atoms with Crippen molar-refractivity contribution in [1.82, 2.24) is 10.3 Å². The molecule has 18 heavy (non-hydrogen) atoms. The van der Waals surface area contributed by atoms with Crippen molar-refractivity contribution in [3.8, 4) is 0 Å². The molecule has 0 aliphatic carbocycles. The highest BCUT2D eigenvalue weighted by Crippen LogP contribution is 2.27. The van der Waals surface area contributed by atoms with Crippen molar-refractivity contribution >= 4 is 6.01 Å². The predicted octanol–water partition coefficient (Wildman–Crippen LogP) is 2.65. The van der Waals surface area contributed by atoms with Gasteiger partial charge in [0.25, 0.3) is 6.01 Å². The van der Waals surface area contributed by atoms with Gasteiger partial charge in [0.1, 0.15) is 6.26 Å². The molecular weight excluding hydrogens is 226 g/mol. The molecule has 4 heteroatoms. The molecule has 1 atom stereocenters. The van der Waals surface area contributed by atoms with Crippen LogP contribution in [0, 0.1) is 11.8 Å². The standard InChI is InChI=1S/C14H25N3O/c1-10(2)12-5-6-17(8-12)14-16-13(9-18-14)7-15-11(3)4/h9-12,15H,5-8H2,1-4H3. The summed E-state index contributed by atoms with van der Waals surface area (Å²) in [6.45, 7) is 11.8. The summed E-state index contributed by atoms with van der Waals surface area (Å²) in [6, 6.07) is 1.26. The van der Waals surface area contributed by atoms with Gasteiger partial charge in [0.05, 0.1) is 5.69 Å². The van der Waals surface area contributed by atoms with Crippen molar-refractivity contribution in [2.24, 2.45) is 11.8 Å². The lowest BCUT2D eigenvalue weighted by Gasteiger charge is -2.15. The third-order valence-electron chi connectivity index (χ3n) is 3.67. The van der Waals surface area contributed by atoms with E-state index in [-0.39, 0.29) is 0 Å². The van der Waals surface area contributed by atoms with Gasteiger partial charge in [-0.2, -0.15) is 4.98 Å². The van der Waals surface area contributed by atoms with Crippen molar-refractivity contribution in [2.75, 3.05) is 18.0 Å². The average molecular weight is 251 g/mol. The first-order chi connectivity index (χ1) is 8.56. The van der Waals surface area contributed by atoms with Crippen LogP contribution in [-0.2, 0) is 6.54 Å². The highest BCUT2D eigenvalue weighted by Gasteiger charge is 2.27. The Hall–Kier alpha value is -1.03. The number of nitrogens with zero attached hydrogens (tertiary/aromatic N) is 2. The molecule has 102 valence electrons. The van der Waals surface area contributed by atoms with Gasteiger partial charge in [0.2, 0.25) is 0 Å². The second-order valence-corrected chi connectivity index (χ2v) is 5.90. The lowest BCUT2D eigenvalue weighted by molar-refractivity contribution is 0.420. The number of nitrogens with one attached hydrogen (secondary N) is 1. The first-order valence-electron chi connectivity index (χ1n) is 6.99. The van der Waals surface area contributed by atoms with Gasteiger partial charge in [-0.25, -0.2) is 0 Å². The van der Waals surface area contributed by atoms with Crippen LogP contribution in [0.15, 0.2) is 10.7 Å². The van der Waals surface area contributed by atoms with Gasteiger partial charge in [0, 0.05) is 25.7 Å². The van der Waals surface area contributed by atoms with Crippen LogP contribution in [0.25, 0.3) is 0 Å². The van der Waals surface area contributed by atoms with Crippen LogP contribution in [0.2, 0.25) is 0 Å². The fourth-order valence-corrected chi connectivity index (χ4v) is 2.34. The number of anilines is 1. The number of rotatable bonds is 5. The average Bonchev–Trinajstić information content (AvgIpc) is 2.95. The molecular formula is C14H25N3O. The van der Waals surface area contributed by atoms with Crippen LogP contribution in [0.3, 0.4) is 0 Å². The topological polar surface area (TPSA) is 41.3 Å². The molecule has 1 aromatic heterocycles. The van der Waals surface area contributed by atoms with E-state index in [4.69, 9.17) is 4.42 Å². The molecule has 1 aliphatic heterocycles. The van der Waals surface area contributed by atoms with E-state index in [1.165, 1.54) is 6.42 Å². The molecule has 2 rings (SSSR count). The van der Waals surface area contributed by atoms with E-state index >= 15 is 0 Å². The molecule has 0 saturated carbocycles. The van der Waals surface area contributed by atoms with Crippen LogP contribution >= 0.6 is 0 Å². The zero-order chi connectivity index (χ0) is 13.1. The summed E-state index contributed by atoms with van der Waals surface area (Å²) < 4.78 is 5.58. The summed E-state index contributed by atoms with van der Waals surface area (Å²) in [5, 5.41) is 3.35. The second-order valence-electron chi connectivity index (χ2n) is 5.90. The third kappa shape index (κ3) is 3.25. The van der Waals surface area contributed by atoms with Crippen molar-refractivity contribution in [2.45, 2.75) is 46.7 Å². The quantitative estimate of drug-likeness (QED) is 0.873. The fourth-order valence-electron chi connectivity index (χ4n) is 2.34. The Labute approximate surface area is 110 Å². The summed E-state index contributed by atoms with van der Waals surface area (Å²) >= 11 is 0. The maximum Gasteiger partial charge on any atom is 0.297 e. The van der Waals surface area contributed by atoms with Crippen LogP contribution < -0.4 is 10.2 Å². The van der Waals surface area contributed by atoms with Gasteiger partial charge in [-0.05, 0) is 18.3 Å². The molecule has 1 unspecified atom stereocenters. The maximum absolute atomic E-state index is 5.58. The largest absolute Gasteiger partial charge is 0.432 e. The Morgan fingerprint density at radius 2 is 2.22 bits per heavy atom. The molecule has 0 spiro atoms. The van der Waals surface area contributed by atoms with Gasteiger partial charge in [-0.15, -0.1) is 0 Å². The second kappa shape index (κ2) is 5.74. The molecule has 0 aromatic carbocycles. The Kier molecular flexibility index (Phi) is 4.27. The fraction of sp³-hybridized carbons (Fsp3) is 0.786. The normalized spacial score (nSPS) is 20.3. The van der Waals surface area contributed by atoms with E-state index in [2.05, 4.69) is 42.9 Å². The first kappa shape index (κ1) is 13.4. The van der Waals surface area contributed by atoms with Crippen LogP contribution in [0.4, 0.5) is 6.01 Å². The first-order valence-corrected chi connectivity index (χ1v) is 6.99. The van der Waals surface area contributed by atoms with Crippen molar-refractivity contribution in [3.05, 3.63) is 12.0 Å². The molecule has 0 amide bonds. The minimum atomic E-state index is 0.474. The lowest BCUT2D eigenvalue weighted by Crippen LogP contribution is -2.23. The number of oxazole rings is 1. The highest BCUT2D eigenvalue weighted by atomic mass is 16.4. The van der Waals surface area contributed by atoms with E-state index < -0.39 is 0 Å². The van der Waals surface area contributed by atoms with E-state index in [9.17, 15) is 0 Å². The summed E-state index contributed by atoms with van der Waals surface area (Å²) in [6.07, 6.45) is 3.02. The van der Waals surface area contributed by atoms with E-state index in [0.29, 0.717) is 6.04 Å². The summed E-state index contributed by atoms with van der Waals surface area (Å²) in [5.74, 6) is 1.51. The van der Waals surface area contributed by atoms with Crippen molar-refractivity contribution in [3.63, 3.8) is 0 Å². The Balaban J connectivity index is 1.90. The smallest absolute Gasteiger partial charge is 0.297 e. The Morgan fingerprint density at radius 3 is 2.83 bits per heavy atom. The summed E-state index contributed by atoms with van der Waals surface area (Å²) in [4.78, 5) is 6.82. The molecule has 2 heterocycles. The number of hydrogen-bond acceptors (Lipinski definition) is 4. The molecule has 1 fully saturated rings. The Bertz CT molecular complexity index is 373. The minimum Gasteiger partial charge on any atom is -0.432 e. The monoisotopic (exact) mass is 251 g/mol. The molecule has 1 N–H and O–H groups in total. The van der Waals surface area contributed by atoms with E-state index in [0.717, 1.165) is 43.2 Å². The molecule has 4 nitrogen and oxygen atoms in total. The van der Waals surface area contributed by atoms with Gasteiger partial charge >= 0.3 is 0 Å². The van der Waals surface area contributed by atoms with E-state index in [1.54, 1.807) is 6.26 Å². The van der Waals surface area contributed by atoms with Gasteiger partial charge < -0.3 is 14.6 Å². The molecule has 0 bridgehead atoms. The minimum absolute atomic E-state index is 0.474. The zero-order valence-corrected chi connectivity index (χ0v) is 11.9. The number of hydrogen-bond donors (Lipinski definition) is 1. The van der Waals surface area contributed by atoms with Crippen LogP contribution in [-0.4, -0.2) is 24.1 Å². The number of aromatic nitrogens is 1. The highest BCUT2D eigenvalue weighted by molar-refractivity contribution is 5.29. The molecule has 1 saturated heterocycles. The summed E-state index contributed by atoms with van der Waals surface area (Å²) in [5.41, 5.74) is 0.992.